The second kappa shape index (κ2) is 6.65. The normalized spacial score (nSPS) is 27.9. The minimum absolute atomic E-state index is 0.0406. The molecular weight excluding hydrogens is 256 g/mol. The Morgan fingerprint density at radius 1 is 1.45 bits per heavy atom. The molecule has 1 saturated heterocycles. The van der Waals surface area contributed by atoms with E-state index in [1.165, 1.54) is 0 Å². The zero-order chi connectivity index (χ0) is 14.6. The van der Waals surface area contributed by atoms with E-state index in [9.17, 15) is 10.2 Å². The summed E-state index contributed by atoms with van der Waals surface area (Å²) in [7, 11) is 0. The number of aliphatic hydroxyl groups excluding tert-OH is 2. The maximum atomic E-state index is 10.3. The van der Waals surface area contributed by atoms with Gasteiger partial charge in [0.15, 0.2) is 0 Å². The molecule has 114 valence electrons. The van der Waals surface area contributed by atoms with Gasteiger partial charge in [-0.05, 0) is 19.8 Å². The summed E-state index contributed by atoms with van der Waals surface area (Å²) in [6.07, 6.45) is 3.70. The largest absolute Gasteiger partial charge is 0.396 e. The van der Waals surface area contributed by atoms with Crippen LogP contribution in [0, 0.1) is 5.41 Å². The number of rotatable bonds is 6. The summed E-state index contributed by atoms with van der Waals surface area (Å²) in [6, 6.07) is 0. The Kier molecular flexibility index (Phi) is 5.12. The van der Waals surface area contributed by atoms with Gasteiger partial charge in [-0.1, -0.05) is 13.3 Å². The molecule has 0 aliphatic carbocycles. The summed E-state index contributed by atoms with van der Waals surface area (Å²) in [6.45, 7) is 7.28. The smallest absolute Gasteiger partial charge is 0.140 e. The van der Waals surface area contributed by atoms with Crippen LogP contribution in [0.15, 0.2) is 6.33 Å². The first kappa shape index (κ1) is 15.4. The molecule has 2 atom stereocenters. The third-order valence-electron chi connectivity index (χ3n) is 4.39. The van der Waals surface area contributed by atoms with Gasteiger partial charge in [-0.15, -0.1) is 0 Å². The van der Waals surface area contributed by atoms with Gasteiger partial charge in [0.2, 0.25) is 0 Å². The molecule has 2 rings (SSSR count). The van der Waals surface area contributed by atoms with Gasteiger partial charge in [0.05, 0.1) is 19.3 Å². The molecule has 0 radical (unpaired) electrons. The van der Waals surface area contributed by atoms with E-state index < -0.39 is 6.10 Å². The van der Waals surface area contributed by atoms with Crippen LogP contribution < -0.4 is 0 Å². The maximum Gasteiger partial charge on any atom is 0.140 e. The van der Waals surface area contributed by atoms with Crippen molar-refractivity contribution in [2.45, 2.75) is 52.3 Å². The fourth-order valence-electron chi connectivity index (χ4n) is 3.23. The van der Waals surface area contributed by atoms with Gasteiger partial charge < -0.3 is 10.2 Å². The predicted octanol–water partition coefficient (Wildman–Crippen LogP) is 0.643. The molecule has 6 heteroatoms. The quantitative estimate of drug-likeness (QED) is 0.801. The molecule has 1 fully saturated rings. The standard InChI is InChI=1S/C14H26N4O2/c1-3-6-14(10-19)9-17(7-5-12(14)20)8-13-15-11-16-18(13)4-2/h11-12,19-20H,3-10H2,1-2H3/t12-,14-/m0/s1. The van der Waals surface area contributed by atoms with Gasteiger partial charge in [-0.25, -0.2) is 9.67 Å². The zero-order valence-corrected chi connectivity index (χ0v) is 12.5. The molecule has 6 nitrogen and oxygen atoms in total. The number of aryl methyl sites for hydroxylation is 1. The number of aliphatic hydroxyl groups is 2. The fourth-order valence-corrected chi connectivity index (χ4v) is 3.23. The number of likely N-dealkylation sites (tertiary alicyclic amines) is 1. The number of aromatic nitrogens is 3. The number of hydrogen-bond donors (Lipinski definition) is 2. The highest BCUT2D eigenvalue weighted by atomic mass is 16.3. The van der Waals surface area contributed by atoms with Gasteiger partial charge >= 0.3 is 0 Å². The number of nitrogens with zero attached hydrogens (tertiary/aromatic N) is 4. The monoisotopic (exact) mass is 282 g/mol. The van der Waals surface area contributed by atoms with E-state index in [1.807, 2.05) is 11.6 Å². The summed E-state index contributed by atoms with van der Waals surface area (Å²) in [5.41, 5.74) is -0.385. The minimum atomic E-state index is -0.409. The first-order chi connectivity index (χ1) is 9.65. The van der Waals surface area contributed by atoms with Crippen LogP contribution in [0.4, 0.5) is 0 Å². The topological polar surface area (TPSA) is 74.4 Å². The lowest BCUT2D eigenvalue weighted by atomic mass is 9.74. The lowest BCUT2D eigenvalue weighted by Gasteiger charge is -2.45. The van der Waals surface area contributed by atoms with Crippen molar-refractivity contribution in [2.75, 3.05) is 19.7 Å². The van der Waals surface area contributed by atoms with E-state index in [0.717, 1.165) is 44.8 Å². The van der Waals surface area contributed by atoms with E-state index in [4.69, 9.17) is 0 Å². The van der Waals surface area contributed by atoms with Crippen LogP contribution >= 0.6 is 0 Å². The Hall–Kier alpha value is -0.980. The second-order valence-corrected chi connectivity index (χ2v) is 5.78. The first-order valence-electron chi connectivity index (χ1n) is 7.53. The molecule has 1 aliphatic rings. The Labute approximate surface area is 120 Å². The van der Waals surface area contributed by atoms with Gasteiger partial charge in [0.25, 0.3) is 0 Å². The van der Waals surface area contributed by atoms with Gasteiger partial charge in [-0.3, -0.25) is 4.90 Å². The van der Waals surface area contributed by atoms with Gasteiger partial charge in [0.1, 0.15) is 12.2 Å². The van der Waals surface area contributed by atoms with Gasteiger partial charge in [0, 0.05) is 25.0 Å². The molecule has 0 saturated carbocycles. The third kappa shape index (κ3) is 3.02. The Balaban J connectivity index is 2.07. The van der Waals surface area contributed by atoms with Crippen LogP contribution in [0.5, 0.6) is 0 Å². The van der Waals surface area contributed by atoms with Crippen LogP contribution in [0.1, 0.15) is 38.9 Å². The lowest BCUT2D eigenvalue weighted by molar-refractivity contribution is -0.0826. The van der Waals surface area contributed by atoms with Crippen LogP contribution in [0.2, 0.25) is 0 Å². The SMILES string of the molecule is CCC[C@@]1(CO)CN(Cc2ncnn2CC)CC[C@@H]1O. The third-order valence-corrected chi connectivity index (χ3v) is 4.39. The van der Waals surface area contributed by atoms with Crippen molar-refractivity contribution in [2.24, 2.45) is 5.41 Å². The minimum Gasteiger partial charge on any atom is -0.396 e. The van der Waals surface area contributed by atoms with Crippen LogP contribution in [0.3, 0.4) is 0 Å². The molecular formula is C14H26N4O2. The van der Waals surface area contributed by atoms with Crippen molar-refractivity contribution in [3.05, 3.63) is 12.2 Å². The van der Waals surface area contributed by atoms with E-state index in [0.29, 0.717) is 6.42 Å². The average Bonchev–Trinajstić information content (AvgIpc) is 2.90. The Bertz CT molecular complexity index is 423. The number of piperidine rings is 1. The predicted molar refractivity (Wildman–Crippen MR) is 76.0 cm³/mol. The van der Waals surface area contributed by atoms with E-state index in [2.05, 4.69) is 21.9 Å². The zero-order valence-electron chi connectivity index (χ0n) is 12.5. The molecule has 0 aromatic carbocycles. The summed E-state index contributed by atoms with van der Waals surface area (Å²) in [5.74, 6) is 0.951. The molecule has 0 unspecified atom stereocenters. The van der Waals surface area contributed by atoms with Crippen LogP contribution in [0.25, 0.3) is 0 Å². The van der Waals surface area contributed by atoms with E-state index in [-0.39, 0.29) is 12.0 Å². The van der Waals surface area contributed by atoms with Crippen LogP contribution in [-0.4, -0.2) is 55.7 Å². The van der Waals surface area contributed by atoms with Crippen molar-refractivity contribution >= 4 is 0 Å². The Morgan fingerprint density at radius 3 is 2.90 bits per heavy atom. The maximum absolute atomic E-state index is 10.3. The van der Waals surface area contributed by atoms with Gasteiger partial charge in [-0.2, -0.15) is 5.10 Å². The van der Waals surface area contributed by atoms with Crippen molar-refractivity contribution in [3.8, 4) is 0 Å². The van der Waals surface area contributed by atoms with Crippen LogP contribution in [-0.2, 0) is 13.1 Å². The second-order valence-electron chi connectivity index (χ2n) is 5.78. The summed E-state index contributed by atoms with van der Waals surface area (Å²) < 4.78 is 1.89. The molecule has 1 aliphatic heterocycles. The summed E-state index contributed by atoms with van der Waals surface area (Å²) in [5, 5.41) is 24.2. The first-order valence-corrected chi connectivity index (χ1v) is 7.53. The van der Waals surface area contributed by atoms with Crippen molar-refractivity contribution in [1.29, 1.82) is 0 Å². The van der Waals surface area contributed by atoms with E-state index >= 15 is 0 Å². The van der Waals surface area contributed by atoms with E-state index in [1.54, 1.807) is 6.33 Å². The van der Waals surface area contributed by atoms with Crippen molar-refractivity contribution in [3.63, 3.8) is 0 Å². The molecule has 0 bridgehead atoms. The molecule has 0 spiro atoms. The molecule has 20 heavy (non-hydrogen) atoms. The highest BCUT2D eigenvalue weighted by Crippen LogP contribution is 2.35. The Morgan fingerprint density at radius 2 is 2.25 bits per heavy atom. The summed E-state index contributed by atoms with van der Waals surface area (Å²) >= 11 is 0. The van der Waals surface area contributed by atoms with Crippen molar-refractivity contribution < 1.29 is 10.2 Å². The van der Waals surface area contributed by atoms with Crippen molar-refractivity contribution in [1.82, 2.24) is 19.7 Å². The lowest BCUT2D eigenvalue weighted by Crippen LogP contribution is -2.53. The highest BCUT2D eigenvalue weighted by Gasteiger charge is 2.41. The number of hydrogen-bond acceptors (Lipinski definition) is 5. The fraction of sp³-hybridized carbons (Fsp3) is 0.857. The summed E-state index contributed by atoms with van der Waals surface area (Å²) in [4.78, 5) is 6.58. The molecule has 0 amide bonds. The molecule has 1 aromatic rings. The molecule has 2 N–H and O–H groups in total. The average molecular weight is 282 g/mol. The molecule has 2 heterocycles. The molecule has 1 aromatic heterocycles. The highest BCUT2D eigenvalue weighted by molar-refractivity contribution is 4.95.